The molecule has 0 radical (unpaired) electrons. The zero-order chi connectivity index (χ0) is 13.4. The number of nitrogens with zero attached hydrogens (tertiary/aromatic N) is 4. The van der Waals surface area contributed by atoms with Gasteiger partial charge in [-0.25, -0.2) is 0 Å². The van der Waals surface area contributed by atoms with Crippen molar-refractivity contribution in [1.82, 2.24) is 25.5 Å². The molecular weight excluding hydrogens is 252 g/mol. The number of aromatic amines is 1. The first-order valence-electron chi connectivity index (χ1n) is 7.21. The number of aromatic nitrogens is 4. The SMILES string of the molecule is c1cncc(-c2nc(N3CC4CCCNC4C3)n[nH]2)c1. The first-order chi connectivity index (χ1) is 9.90. The number of hydrogen-bond acceptors (Lipinski definition) is 5. The lowest BCUT2D eigenvalue weighted by Crippen LogP contribution is -2.40. The highest BCUT2D eigenvalue weighted by molar-refractivity contribution is 5.54. The Morgan fingerprint density at radius 3 is 3.15 bits per heavy atom. The summed E-state index contributed by atoms with van der Waals surface area (Å²) < 4.78 is 0. The van der Waals surface area contributed by atoms with E-state index in [2.05, 4.69) is 30.4 Å². The molecule has 6 heteroatoms. The van der Waals surface area contributed by atoms with E-state index in [1.165, 1.54) is 12.8 Å². The van der Waals surface area contributed by atoms with Crippen LogP contribution in [0.25, 0.3) is 11.4 Å². The van der Waals surface area contributed by atoms with Gasteiger partial charge in [-0.15, -0.1) is 5.10 Å². The van der Waals surface area contributed by atoms with Crippen LogP contribution >= 0.6 is 0 Å². The zero-order valence-corrected chi connectivity index (χ0v) is 11.3. The van der Waals surface area contributed by atoms with Crippen LogP contribution < -0.4 is 10.2 Å². The molecule has 4 heterocycles. The molecule has 2 N–H and O–H groups in total. The van der Waals surface area contributed by atoms with Crippen molar-refractivity contribution in [3.63, 3.8) is 0 Å². The summed E-state index contributed by atoms with van der Waals surface area (Å²) in [5, 5.41) is 11.0. The molecule has 0 aromatic carbocycles. The number of hydrogen-bond donors (Lipinski definition) is 2. The van der Waals surface area contributed by atoms with E-state index in [1.54, 1.807) is 12.4 Å². The molecule has 20 heavy (non-hydrogen) atoms. The molecule has 2 aromatic heterocycles. The van der Waals surface area contributed by atoms with E-state index in [-0.39, 0.29) is 0 Å². The summed E-state index contributed by atoms with van der Waals surface area (Å²) in [6.45, 7) is 3.21. The van der Waals surface area contributed by atoms with Crippen LogP contribution in [0.4, 0.5) is 5.95 Å². The van der Waals surface area contributed by atoms with Gasteiger partial charge >= 0.3 is 0 Å². The molecule has 0 spiro atoms. The van der Waals surface area contributed by atoms with Crippen molar-refractivity contribution >= 4 is 5.95 Å². The van der Waals surface area contributed by atoms with E-state index in [4.69, 9.17) is 0 Å². The quantitative estimate of drug-likeness (QED) is 0.854. The minimum absolute atomic E-state index is 0.601. The van der Waals surface area contributed by atoms with Crippen LogP contribution in [0.5, 0.6) is 0 Å². The normalized spacial score (nSPS) is 25.7. The first kappa shape index (κ1) is 11.8. The summed E-state index contributed by atoms with van der Waals surface area (Å²) in [4.78, 5) is 11.0. The molecular formula is C14H18N6. The van der Waals surface area contributed by atoms with E-state index in [0.29, 0.717) is 6.04 Å². The molecule has 2 atom stereocenters. The summed E-state index contributed by atoms with van der Waals surface area (Å²) in [5.74, 6) is 2.33. The lowest BCUT2D eigenvalue weighted by Gasteiger charge is -2.24. The second-order valence-electron chi connectivity index (χ2n) is 5.59. The minimum atomic E-state index is 0.601. The monoisotopic (exact) mass is 270 g/mol. The summed E-state index contributed by atoms with van der Waals surface area (Å²) >= 11 is 0. The summed E-state index contributed by atoms with van der Waals surface area (Å²) in [6.07, 6.45) is 6.16. The van der Waals surface area contributed by atoms with Gasteiger partial charge in [0.1, 0.15) is 0 Å². The molecule has 2 aliphatic heterocycles. The largest absolute Gasteiger partial charge is 0.338 e. The van der Waals surface area contributed by atoms with Crippen LogP contribution in [0.3, 0.4) is 0 Å². The standard InChI is InChI=1S/C14H18N6/c1-3-10(7-15-5-1)13-17-14(19-18-13)20-8-11-4-2-6-16-12(11)9-20/h1,3,5,7,11-12,16H,2,4,6,8-9H2,(H,17,18,19). The maximum atomic E-state index is 4.61. The molecule has 2 aliphatic rings. The van der Waals surface area contributed by atoms with Gasteiger partial charge in [-0.05, 0) is 37.4 Å². The maximum absolute atomic E-state index is 4.61. The number of fused-ring (bicyclic) bond motifs is 1. The number of nitrogens with one attached hydrogen (secondary N) is 2. The highest BCUT2D eigenvalue weighted by Gasteiger charge is 2.35. The average Bonchev–Trinajstić information content (AvgIpc) is 3.14. The number of anilines is 1. The Morgan fingerprint density at radius 2 is 2.30 bits per heavy atom. The zero-order valence-electron chi connectivity index (χ0n) is 11.3. The van der Waals surface area contributed by atoms with Crippen LogP contribution in [0, 0.1) is 5.92 Å². The van der Waals surface area contributed by atoms with Crippen molar-refractivity contribution in [2.45, 2.75) is 18.9 Å². The predicted octanol–water partition coefficient (Wildman–Crippen LogP) is 1.05. The van der Waals surface area contributed by atoms with Gasteiger partial charge < -0.3 is 10.2 Å². The highest BCUT2D eigenvalue weighted by atomic mass is 15.4. The predicted molar refractivity (Wildman–Crippen MR) is 76.3 cm³/mol. The summed E-state index contributed by atoms with van der Waals surface area (Å²) in [5.41, 5.74) is 0.973. The van der Waals surface area contributed by atoms with E-state index in [9.17, 15) is 0 Å². The molecule has 0 amide bonds. The van der Waals surface area contributed by atoms with Crippen molar-refractivity contribution < 1.29 is 0 Å². The second-order valence-corrected chi connectivity index (χ2v) is 5.59. The third-order valence-electron chi connectivity index (χ3n) is 4.29. The molecule has 2 unspecified atom stereocenters. The maximum Gasteiger partial charge on any atom is 0.245 e. The lowest BCUT2D eigenvalue weighted by atomic mass is 9.94. The van der Waals surface area contributed by atoms with Gasteiger partial charge in [-0.1, -0.05) is 0 Å². The first-order valence-corrected chi connectivity index (χ1v) is 7.21. The van der Waals surface area contributed by atoms with Crippen LogP contribution in [0.15, 0.2) is 24.5 Å². The average molecular weight is 270 g/mol. The van der Waals surface area contributed by atoms with Gasteiger partial charge in [0.25, 0.3) is 0 Å². The molecule has 0 bridgehead atoms. The Morgan fingerprint density at radius 1 is 1.30 bits per heavy atom. The Hall–Kier alpha value is -1.95. The third kappa shape index (κ3) is 2.06. The third-order valence-corrected chi connectivity index (χ3v) is 4.29. The van der Waals surface area contributed by atoms with Gasteiger partial charge in [0.05, 0.1) is 0 Å². The van der Waals surface area contributed by atoms with Gasteiger partial charge in [0.2, 0.25) is 5.95 Å². The summed E-state index contributed by atoms with van der Waals surface area (Å²) in [6, 6.07) is 4.50. The van der Waals surface area contributed by atoms with Crippen LogP contribution in [0.2, 0.25) is 0 Å². The van der Waals surface area contributed by atoms with Crippen molar-refractivity contribution in [2.24, 2.45) is 5.92 Å². The number of piperidine rings is 1. The molecule has 2 fully saturated rings. The highest BCUT2D eigenvalue weighted by Crippen LogP contribution is 2.28. The van der Waals surface area contributed by atoms with Gasteiger partial charge in [0.15, 0.2) is 5.82 Å². The number of pyridine rings is 1. The number of rotatable bonds is 2. The summed E-state index contributed by atoms with van der Waals surface area (Å²) in [7, 11) is 0. The fraction of sp³-hybridized carbons (Fsp3) is 0.500. The topological polar surface area (TPSA) is 69.7 Å². The second kappa shape index (κ2) is 4.86. The number of H-pyrrole nitrogens is 1. The molecule has 2 aromatic rings. The van der Waals surface area contributed by atoms with Gasteiger partial charge in [-0.3, -0.25) is 10.1 Å². The van der Waals surface area contributed by atoms with Crippen molar-refractivity contribution in [1.29, 1.82) is 0 Å². The molecule has 0 saturated carbocycles. The van der Waals surface area contributed by atoms with Crippen LogP contribution in [-0.4, -0.2) is 45.8 Å². The fourth-order valence-electron chi connectivity index (χ4n) is 3.24. The Kier molecular flexibility index (Phi) is 2.88. The van der Waals surface area contributed by atoms with Crippen molar-refractivity contribution in [3.05, 3.63) is 24.5 Å². The van der Waals surface area contributed by atoms with E-state index < -0.39 is 0 Å². The van der Waals surface area contributed by atoms with E-state index >= 15 is 0 Å². The molecule has 6 nitrogen and oxygen atoms in total. The minimum Gasteiger partial charge on any atom is -0.338 e. The smallest absolute Gasteiger partial charge is 0.245 e. The van der Waals surface area contributed by atoms with Gasteiger partial charge in [0, 0.05) is 37.1 Å². The Labute approximate surface area is 117 Å². The van der Waals surface area contributed by atoms with E-state index in [1.807, 2.05) is 12.1 Å². The van der Waals surface area contributed by atoms with Gasteiger partial charge in [-0.2, -0.15) is 4.98 Å². The fourth-order valence-corrected chi connectivity index (χ4v) is 3.24. The van der Waals surface area contributed by atoms with Crippen LogP contribution in [-0.2, 0) is 0 Å². The molecule has 104 valence electrons. The van der Waals surface area contributed by atoms with Crippen molar-refractivity contribution in [3.8, 4) is 11.4 Å². The molecule has 4 rings (SSSR count). The van der Waals surface area contributed by atoms with Crippen LogP contribution in [0.1, 0.15) is 12.8 Å². The molecule has 0 aliphatic carbocycles. The molecule has 2 saturated heterocycles. The van der Waals surface area contributed by atoms with E-state index in [0.717, 1.165) is 42.9 Å². The Balaban J connectivity index is 1.54. The Bertz CT molecular complexity index is 566. The van der Waals surface area contributed by atoms with Crippen molar-refractivity contribution in [2.75, 3.05) is 24.5 Å². The lowest BCUT2D eigenvalue weighted by molar-refractivity contribution is 0.340.